The molecule has 0 bridgehead atoms. The summed E-state index contributed by atoms with van der Waals surface area (Å²) in [7, 11) is 1.36. The van der Waals surface area contributed by atoms with Crippen LogP contribution in [-0.4, -0.2) is 45.9 Å². The first kappa shape index (κ1) is 22.5. The van der Waals surface area contributed by atoms with Gasteiger partial charge in [0.2, 0.25) is 5.91 Å². The van der Waals surface area contributed by atoms with Gasteiger partial charge in [0.05, 0.1) is 25.1 Å². The van der Waals surface area contributed by atoms with Gasteiger partial charge in [-0.25, -0.2) is 0 Å². The summed E-state index contributed by atoms with van der Waals surface area (Å²) in [4.78, 5) is 37.0. The molecular weight excluding hydrogens is 366 g/mol. The first-order valence-corrected chi connectivity index (χ1v) is 10.1. The van der Waals surface area contributed by atoms with Crippen LogP contribution in [0, 0.1) is 0 Å². The Morgan fingerprint density at radius 3 is 2.03 bits per heavy atom. The first-order valence-electron chi connectivity index (χ1n) is 10.1. The fourth-order valence-corrected chi connectivity index (χ4v) is 3.65. The Morgan fingerprint density at radius 1 is 1.00 bits per heavy atom. The highest BCUT2D eigenvalue weighted by atomic mass is 16.5. The number of carbonyl (C=O) groups excluding carboxylic acids is 2. The van der Waals surface area contributed by atoms with Crippen LogP contribution in [0.2, 0.25) is 0 Å². The summed E-state index contributed by atoms with van der Waals surface area (Å²) in [6.07, 6.45) is 4.23. The Morgan fingerprint density at radius 2 is 1.59 bits per heavy atom. The maximum absolute atomic E-state index is 13.9. The van der Waals surface area contributed by atoms with Crippen LogP contribution in [0.3, 0.4) is 0 Å². The normalized spacial score (nSPS) is 14.1. The van der Waals surface area contributed by atoms with E-state index in [-0.39, 0.29) is 30.4 Å². The van der Waals surface area contributed by atoms with Crippen molar-refractivity contribution in [3.63, 3.8) is 0 Å². The van der Waals surface area contributed by atoms with Gasteiger partial charge in [0.15, 0.2) is 0 Å². The highest BCUT2D eigenvalue weighted by Crippen LogP contribution is 2.37. The highest BCUT2D eigenvalue weighted by molar-refractivity contribution is 5.86. The number of ether oxygens (including phenoxy) is 1. The van der Waals surface area contributed by atoms with Crippen LogP contribution >= 0.6 is 0 Å². The second-order valence-corrected chi connectivity index (χ2v) is 7.47. The molecule has 0 spiro atoms. The van der Waals surface area contributed by atoms with E-state index in [0.717, 1.165) is 6.42 Å². The molecule has 6 heteroatoms. The first-order chi connectivity index (χ1) is 13.9. The summed E-state index contributed by atoms with van der Waals surface area (Å²) >= 11 is 0. The zero-order valence-electron chi connectivity index (χ0n) is 17.9. The quantitative estimate of drug-likeness (QED) is 0.599. The van der Waals surface area contributed by atoms with Gasteiger partial charge in [-0.1, -0.05) is 19.1 Å². The number of methoxy groups -OCH3 is 1. The number of esters is 1. The molecule has 0 aliphatic carbocycles. The fraction of sp³-hybridized carbons (Fsp3) is 0.478. The lowest BCUT2D eigenvalue weighted by molar-refractivity contribution is -0.142. The van der Waals surface area contributed by atoms with Crippen LogP contribution in [0.15, 0.2) is 48.8 Å². The molecule has 3 atom stereocenters. The van der Waals surface area contributed by atoms with E-state index in [1.54, 1.807) is 12.4 Å². The second kappa shape index (κ2) is 10.7. The maximum atomic E-state index is 13.9. The SMILES string of the molecule is CCC(C)N(C(=O)C(c1ccccn1)C(CC(=O)OC)c1ccccn1)C(C)C. The topological polar surface area (TPSA) is 72.4 Å². The fourth-order valence-electron chi connectivity index (χ4n) is 3.65. The van der Waals surface area contributed by atoms with Crippen LogP contribution in [0.1, 0.15) is 63.8 Å². The molecule has 0 saturated heterocycles. The number of pyridine rings is 2. The minimum atomic E-state index is -0.637. The second-order valence-electron chi connectivity index (χ2n) is 7.47. The van der Waals surface area contributed by atoms with Gasteiger partial charge in [-0.05, 0) is 51.5 Å². The predicted molar refractivity (Wildman–Crippen MR) is 112 cm³/mol. The van der Waals surface area contributed by atoms with Crippen molar-refractivity contribution in [3.8, 4) is 0 Å². The third-order valence-electron chi connectivity index (χ3n) is 5.23. The van der Waals surface area contributed by atoms with Gasteiger partial charge < -0.3 is 9.64 Å². The molecule has 2 heterocycles. The van der Waals surface area contributed by atoms with Gasteiger partial charge in [0.1, 0.15) is 0 Å². The molecule has 0 aliphatic rings. The van der Waals surface area contributed by atoms with E-state index >= 15 is 0 Å². The molecule has 2 aromatic heterocycles. The summed E-state index contributed by atoms with van der Waals surface area (Å²) in [6, 6.07) is 11.1. The number of rotatable bonds is 9. The minimum absolute atomic E-state index is 0.0196. The van der Waals surface area contributed by atoms with Crippen LogP contribution in [0.4, 0.5) is 0 Å². The summed E-state index contributed by atoms with van der Waals surface area (Å²) < 4.78 is 4.93. The zero-order chi connectivity index (χ0) is 21.4. The lowest BCUT2D eigenvalue weighted by Crippen LogP contribution is -2.47. The molecular formula is C23H31N3O3. The van der Waals surface area contributed by atoms with Crippen molar-refractivity contribution in [1.29, 1.82) is 0 Å². The van der Waals surface area contributed by atoms with Gasteiger partial charge >= 0.3 is 5.97 Å². The van der Waals surface area contributed by atoms with Crippen molar-refractivity contribution in [1.82, 2.24) is 14.9 Å². The maximum Gasteiger partial charge on any atom is 0.306 e. The average Bonchev–Trinajstić information content (AvgIpc) is 2.74. The summed E-state index contributed by atoms with van der Waals surface area (Å²) in [5, 5.41) is 0. The molecule has 156 valence electrons. The van der Waals surface area contributed by atoms with Crippen LogP contribution in [0.25, 0.3) is 0 Å². The van der Waals surface area contributed by atoms with E-state index in [9.17, 15) is 9.59 Å². The molecule has 0 saturated carbocycles. The van der Waals surface area contributed by atoms with Gasteiger partial charge in [-0.2, -0.15) is 0 Å². The molecule has 0 fully saturated rings. The van der Waals surface area contributed by atoms with Crippen molar-refractivity contribution in [3.05, 3.63) is 60.2 Å². The van der Waals surface area contributed by atoms with E-state index in [1.807, 2.05) is 62.1 Å². The summed E-state index contributed by atoms with van der Waals surface area (Å²) in [5.41, 5.74) is 1.31. The molecule has 29 heavy (non-hydrogen) atoms. The number of nitrogens with zero attached hydrogens (tertiary/aromatic N) is 3. The van der Waals surface area contributed by atoms with Crippen molar-refractivity contribution in [2.75, 3.05) is 7.11 Å². The van der Waals surface area contributed by atoms with Crippen molar-refractivity contribution < 1.29 is 14.3 Å². The zero-order valence-corrected chi connectivity index (χ0v) is 17.9. The lowest BCUT2D eigenvalue weighted by Gasteiger charge is -2.37. The molecule has 6 nitrogen and oxygen atoms in total. The van der Waals surface area contributed by atoms with E-state index < -0.39 is 11.8 Å². The van der Waals surface area contributed by atoms with Gasteiger partial charge in [-0.3, -0.25) is 19.6 Å². The average molecular weight is 398 g/mol. The number of hydrogen-bond acceptors (Lipinski definition) is 5. The van der Waals surface area contributed by atoms with Crippen molar-refractivity contribution in [2.45, 2.75) is 64.5 Å². The van der Waals surface area contributed by atoms with E-state index in [0.29, 0.717) is 11.4 Å². The summed E-state index contributed by atoms with van der Waals surface area (Å²) in [6.45, 7) is 8.13. The molecule has 0 radical (unpaired) electrons. The monoisotopic (exact) mass is 397 g/mol. The van der Waals surface area contributed by atoms with Crippen molar-refractivity contribution >= 4 is 11.9 Å². The Hall–Kier alpha value is -2.76. The van der Waals surface area contributed by atoms with Gasteiger partial charge in [0.25, 0.3) is 0 Å². The number of amides is 1. The predicted octanol–water partition coefficient (Wildman–Crippen LogP) is 3.94. The standard InChI is InChI=1S/C23H31N3O3/c1-6-17(4)26(16(2)3)23(28)22(20-12-8-10-14-25-20)18(15-21(27)29-5)19-11-7-9-13-24-19/h7-14,16-18,22H,6,15H2,1-5H3. The van der Waals surface area contributed by atoms with E-state index in [4.69, 9.17) is 4.74 Å². The molecule has 2 rings (SSSR count). The van der Waals surface area contributed by atoms with Crippen LogP contribution in [0.5, 0.6) is 0 Å². The Labute approximate surface area is 173 Å². The third kappa shape index (κ3) is 5.62. The van der Waals surface area contributed by atoms with E-state index in [1.165, 1.54) is 7.11 Å². The van der Waals surface area contributed by atoms with Crippen LogP contribution in [-0.2, 0) is 14.3 Å². The highest BCUT2D eigenvalue weighted by Gasteiger charge is 2.39. The molecule has 2 aromatic rings. The number of carbonyl (C=O) groups is 2. The molecule has 0 aromatic carbocycles. The number of aromatic nitrogens is 2. The van der Waals surface area contributed by atoms with Gasteiger partial charge in [-0.15, -0.1) is 0 Å². The molecule has 0 N–H and O–H groups in total. The largest absolute Gasteiger partial charge is 0.469 e. The molecule has 1 amide bonds. The molecule has 3 unspecified atom stereocenters. The Bertz CT molecular complexity index is 780. The molecule has 0 aliphatic heterocycles. The Balaban J connectivity index is 2.60. The summed E-state index contributed by atoms with van der Waals surface area (Å²) in [5.74, 6) is -1.54. The third-order valence-corrected chi connectivity index (χ3v) is 5.23. The minimum Gasteiger partial charge on any atom is -0.469 e. The van der Waals surface area contributed by atoms with Gasteiger partial charge in [0, 0.05) is 36.1 Å². The smallest absolute Gasteiger partial charge is 0.306 e. The Kier molecular flexibility index (Phi) is 8.31. The van der Waals surface area contributed by atoms with Crippen molar-refractivity contribution in [2.24, 2.45) is 0 Å². The van der Waals surface area contributed by atoms with Crippen LogP contribution < -0.4 is 0 Å². The van der Waals surface area contributed by atoms with E-state index in [2.05, 4.69) is 16.9 Å². The number of hydrogen-bond donors (Lipinski definition) is 0. The lowest BCUT2D eigenvalue weighted by atomic mass is 9.82.